The van der Waals surface area contributed by atoms with Crippen LogP contribution in [0.15, 0.2) is 0 Å². The molecule has 5 heteroatoms. The quantitative estimate of drug-likeness (QED) is 0.846. The number of aromatic nitrogens is 1. The van der Waals surface area contributed by atoms with Crippen molar-refractivity contribution in [1.82, 2.24) is 9.88 Å². The second kappa shape index (κ2) is 5.31. The Hall–Kier alpha value is -0.780. The summed E-state index contributed by atoms with van der Waals surface area (Å²) in [6.07, 6.45) is 2.62. The number of aryl methyl sites for hydroxylation is 2. The molecule has 3 rings (SSSR count). The van der Waals surface area contributed by atoms with Crippen molar-refractivity contribution in [3.05, 3.63) is 15.6 Å². The number of carbonyl (C=O) groups excluding carboxylic acids is 1. The van der Waals surface area contributed by atoms with E-state index in [4.69, 9.17) is 4.74 Å². The first kappa shape index (κ1) is 13.2. The molecule has 104 valence electrons. The second-order valence-electron chi connectivity index (χ2n) is 5.51. The first-order valence-electron chi connectivity index (χ1n) is 6.95. The molecule has 2 fully saturated rings. The third-order valence-corrected chi connectivity index (χ3v) is 5.22. The smallest absolute Gasteiger partial charge is 0.169 e. The summed E-state index contributed by atoms with van der Waals surface area (Å²) < 4.78 is 5.75. The summed E-state index contributed by atoms with van der Waals surface area (Å²) in [6, 6.07) is 0.549. The maximum Gasteiger partial charge on any atom is 0.169 e. The fraction of sp³-hybridized carbons (Fsp3) is 0.714. The van der Waals surface area contributed by atoms with Crippen molar-refractivity contribution < 1.29 is 9.53 Å². The molecule has 1 aromatic heterocycles. The number of fused-ring (bicyclic) bond motifs is 1. The van der Waals surface area contributed by atoms with Gasteiger partial charge in [-0.2, -0.15) is 0 Å². The second-order valence-corrected chi connectivity index (χ2v) is 6.79. The Labute approximate surface area is 117 Å². The van der Waals surface area contributed by atoms with Crippen LogP contribution in [0.5, 0.6) is 0 Å². The molecule has 2 aliphatic heterocycles. The van der Waals surface area contributed by atoms with E-state index in [0.717, 1.165) is 23.8 Å². The molecule has 0 spiro atoms. The normalized spacial score (nSPS) is 27.5. The molecule has 0 saturated carbocycles. The lowest BCUT2D eigenvalue weighted by atomic mass is 10.1. The molecule has 0 radical (unpaired) electrons. The van der Waals surface area contributed by atoms with Gasteiger partial charge in [0.15, 0.2) is 5.78 Å². The lowest BCUT2D eigenvalue weighted by Crippen LogP contribution is -2.49. The minimum Gasteiger partial charge on any atom is -0.367 e. The summed E-state index contributed by atoms with van der Waals surface area (Å²) in [7, 11) is 0. The number of ketones is 1. The van der Waals surface area contributed by atoms with Crippen LogP contribution in [0.2, 0.25) is 0 Å². The van der Waals surface area contributed by atoms with Crippen molar-refractivity contribution in [1.29, 1.82) is 0 Å². The number of carbonyl (C=O) groups is 1. The highest BCUT2D eigenvalue weighted by Gasteiger charge is 2.35. The van der Waals surface area contributed by atoms with Crippen LogP contribution in [0.25, 0.3) is 0 Å². The van der Waals surface area contributed by atoms with Gasteiger partial charge in [-0.05, 0) is 33.2 Å². The molecule has 0 amide bonds. The molecule has 3 heterocycles. The Balaban J connectivity index is 1.61. The van der Waals surface area contributed by atoms with Crippen LogP contribution in [0.3, 0.4) is 0 Å². The number of rotatable bonds is 3. The van der Waals surface area contributed by atoms with Crippen molar-refractivity contribution in [2.75, 3.05) is 19.7 Å². The first-order chi connectivity index (χ1) is 9.13. The number of hydrogen-bond donors (Lipinski definition) is 0. The van der Waals surface area contributed by atoms with Crippen LogP contribution in [-0.4, -0.2) is 47.5 Å². The summed E-state index contributed by atoms with van der Waals surface area (Å²) in [4.78, 5) is 20.3. The number of nitrogens with zero attached hydrogens (tertiary/aromatic N) is 2. The lowest BCUT2D eigenvalue weighted by Gasteiger charge is -2.34. The van der Waals surface area contributed by atoms with E-state index >= 15 is 0 Å². The fourth-order valence-electron chi connectivity index (χ4n) is 2.89. The van der Waals surface area contributed by atoms with E-state index in [-0.39, 0.29) is 11.9 Å². The largest absolute Gasteiger partial charge is 0.367 e. The van der Waals surface area contributed by atoms with Gasteiger partial charge in [0.2, 0.25) is 0 Å². The van der Waals surface area contributed by atoms with Gasteiger partial charge in [0.05, 0.1) is 18.7 Å². The minimum atomic E-state index is -0.251. The lowest BCUT2D eigenvalue weighted by molar-refractivity contribution is -0.137. The van der Waals surface area contributed by atoms with Crippen molar-refractivity contribution >= 4 is 17.1 Å². The van der Waals surface area contributed by atoms with E-state index in [0.29, 0.717) is 19.1 Å². The Kier molecular flexibility index (Phi) is 3.69. The number of morpholine rings is 1. The molecule has 0 N–H and O–H groups in total. The molecule has 0 aromatic carbocycles. The Bertz CT molecular complexity index is 466. The van der Waals surface area contributed by atoms with Gasteiger partial charge in [-0.3, -0.25) is 9.69 Å². The predicted octanol–water partition coefficient (Wildman–Crippen LogP) is 1.73. The van der Waals surface area contributed by atoms with Gasteiger partial charge in [-0.25, -0.2) is 4.98 Å². The average Bonchev–Trinajstić information content (AvgIpc) is 2.96. The van der Waals surface area contributed by atoms with Gasteiger partial charge < -0.3 is 4.74 Å². The molecular formula is C14H20N2O2S. The molecule has 4 nitrogen and oxygen atoms in total. The minimum absolute atomic E-state index is 0.180. The van der Waals surface area contributed by atoms with E-state index in [1.807, 2.05) is 13.8 Å². The molecule has 19 heavy (non-hydrogen) atoms. The molecule has 2 saturated heterocycles. The van der Waals surface area contributed by atoms with Crippen LogP contribution in [-0.2, 0) is 16.0 Å². The van der Waals surface area contributed by atoms with Gasteiger partial charge in [0.25, 0.3) is 0 Å². The van der Waals surface area contributed by atoms with Crippen molar-refractivity contribution in [2.45, 2.75) is 45.3 Å². The number of thiazole rings is 1. The zero-order valence-electron chi connectivity index (χ0n) is 11.5. The summed E-state index contributed by atoms with van der Waals surface area (Å²) in [6.45, 7) is 6.64. The van der Waals surface area contributed by atoms with Crippen molar-refractivity contribution in [3.63, 3.8) is 0 Å². The van der Waals surface area contributed by atoms with Gasteiger partial charge in [0, 0.05) is 17.5 Å². The molecule has 0 aliphatic carbocycles. The van der Waals surface area contributed by atoms with E-state index in [9.17, 15) is 4.79 Å². The van der Waals surface area contributed by atoms with Gasteiger partial charge in [0.1, 0.15) is 11.1 Å². The molecule has 2 unspecified atom stereocenters. The summed E-state index contributed by atoms with van der Waals surface area (Å²) >= 11 is 1.63. The van der Waals surface area contributed by atoms with Crippen molar-refractivity contribution in [3.8, 4) is 0 Å². The van der Waals surface area contributed by atoms with Crippen LogP contribution in [0.4, 0.5) is 0 Å². The highest BCUT2D eigenvalue weighted by Crippen LogP contribution is 2.24. The average molecular weight is 280 g/mol. The van der Waals surface area contributed by atoms with Gasteiger partial charge in [-0.1, -0.05) is 0 Å². The number of Topliss-reactive ketones (excluding diaryl/α,β-unsaturated/α-hetero) is 1. The van der Waals surface area contributed by atoms with Crippen LogP contribution in [0.1, 0.15) is 28.4 Å². The summed E-state index contributed by atoms with van der Waals surface area (Å²) in [5, 5.41) is 0.923. The third-order valence-electron chi connectivity index (χ3n) is 4.15. The van der Waals surface area contributed by atoms with E-state index < -0.39 is 0 Å². The SMILES string of the molecule is Cc1nc(CC(=O)C2CN3CCCC3CO2)sc1C. The number of hydrogen-bond acceptors (Lipinski definition) is 5. The van der Waals surface area contributed by atoms with E-state index in [1.54, 1.807) is 11.3 Å². The van der Waals surface area contributed by atoms with Crippen molar-refractivity contribution in [2.24, 2.45) is 0 Å². The molecular weight excluding hydrogens is 260 g/mol. The maximum atomic E-state index is 12.3. The Morgan fingerprint density at radius 3 is 3.11 bits per heavy atom. The van der Waals surface area contributed by atoms with Crippen LogP contribution in [0, 0.1) is 13.8 Å². The Morgan fingerprint density at radius 2 is 2.37 bits per heavy atom. The van der Waals surface area contributed by atoms with E-state index in [2.05, 4.69) is 9.88 Å². The van der Waals surface area contributed by atoms with Gasteiger partial charge in [-0.15, -0.1) is 11.3 Å². The van der Waals surface area contributed by atoms with Crippen LogP contribution >= 0.6 is 11.3 Å². The zero-order valence-corrected chi connectivity index (χ0v) is 12.3. The zero-order chi connectivity index (χ0) is 13.4. The molecule has 1 aromatic rings. The summed E-state index contributed by atoms with van der Waals surface area (Å²) in [5.41, 5.74) is 1.04. The first-order valence-corrected chi connectivity index (χ1v) is 7.76. The predicted molar refractivity (Wildman–Crippen MR) is 74.6 cm³/mol. The fourth-order valence-corrected chi connectivity index (χ4v) is 3.83. The molecule has 2 aliphatic rings. The number of ether oxygens (including phenoxy) is 1. The van der Waals surface area contributed by atoms with E-state index in [1.165, 1.54) is 17.7 Å². The molecule has 2 atom stereocenters. The van der Waals surface area contributed by atoms with Crippen LogP contribution < -0.4 is 0 Å². The molecule has 0 bridgehead atoms. The summed E-state index contributed by atoms with van der Waals surface area (Å²) in [5.74, 6) is 0.180. The highest BCUT2D eigenvalue weighted by molar-refractivity contribution is 7.11. The topological polar surface area (TPSA) is 42.4 Å². The maximum absolute atomic E-state index is 12.3. The monoisotopic (exact) mass is 280 g/mol. The highest BCUT2D eigenvalue weighted by atomic mass is 32.1. The Morgan fingerprint density at radius 1 is 1.53 bits per heavy atom. The third kappa shape index (κ3) is 2.73. The standard InChI is InChI=1S/C14H20N2O2S/c1-9-10(2)19-14(15-9)6-12(17)13-7-16-5-3-4-11(16)8-18-13/h11,13H,3-8H2,1-2H3. The van der Waals surface area contributed by atoms with Gasteiger partial charge >= 0.3 is 0 Å².